The predicted molar refractivity (Wildman–Crippen MR) is 71.6 cm³/mol. The molecule has 1 heterocycles. The number of hydrogen-bond acceptors (Lipinski definition) is 4. The molecule has 0 saturated carbocycles. The molecule has 102 valence electrons. The molecule has 0 bridgehead atoms. The lowest BCUT2D eigenvalue weighted by Gasteiger charge is -2.05. The fraction of sp³-hybridized carbons (Fsp3) is 0.250. The van der Waals surface area contributed by atoms with Crippen molar-refractivity contribution in [3.8, 4) is 0 Å². The molecule has 1 N–H and O–H groups in total. The lowest BCUT2D eigenvalue weighted by atomic mass is 10.2. The van der Waals surface area contributed by atoms with Crippen molar-refractivity contribution in [3.05, 3.63) is 46.8 Å². The van der Waals surface area contributed by atoms with Crippen LogP contribution in [0.1, 0.15) is 11.3 Å². The number of aryl methyl sites for hydroxylation is 1. The van der Waals surface area contributed by atoms with Crippen LogP contribution < -0.4 is 4.72 Å². The normalized spacial score (nSPS) is 11.7. The Bertz CT molecular complexity index is 650. The van der Waals surface area contributed by atoms with E-state index in [2.05, 4.69) is 14.4 Å². The molecule has 0 atom stereocenters. The molecule has 0 spiro atoms. The maximum absolute atomic E-state index is 11.9. The van der Waals surface area contributed by atoms with E-state index in [1.54, 1.807) is 19.1 Å². The highest BCUT2D eigenvalue weighted by atomic mass is 35.5. The lowest BCUT2D eigenvalue weighted by molar-refractivity contribution is 0.413. The molecule has 5 nitrogen and oxygen atoms in total. The van der Waals surface area contributed by atoms with E-state index in [0.29, 0.717) is 23.7 Å². The smallest absolute Gasteiger partial charge is 0.245 e. The van der Waals surface area contributed by atoms with Gasteiger partial charge in [-0.1, -0.05) is 28.9 Å². The van der Waals surface area contributed by atoms with E-state index in [1.807, 2.05) is 12.1 Å². The Balaban J connectivity index is 1.96. The van der Waals surface area contributed by atoms with E-state index in [9.17, 15) is 8.42 Å². The minimum Gasteiger partial charge on any atom is -0.363 e. The average Bonchev–Trinajstić information content (AvgIpc) is 2.79. The van der Waals surface area contributed by atoms with Gasteiger partial charge in [-0.25, -0.2) is 13.1 Å². The summed E-state index contributed by atoms with van der Waals surface area (Å²) in [7, 11) is -3.56. The minimum atomic E-state index is -3.56. The molecule has 2 aromatic rings. The van der Waals surface area contributed by atoms with Gasteiger partial charge in [-0.15, -0.1) is 0 Å². The molecule has 0 unspecified atom stereocenters. The fourth-order valence-electron chi connectivity index (χ4n) is 1.60. The maximum atomic E-state index is 11.9. The van der Waals surface area contributed by atoms with Gasteiger partial charge in [-0.05, 0) is 31.0 Å². The van der Waals surface area contributed by atoms with E-state index in [-0.39, 0.29) is 4.90 Å². The number of hydrogen-bond donors (Lipinski definition) is 1. The number of nitrogens with one attached hydrogen (secondary N) is 1. The summed E-state index contributed by atoms with van der Waals surface area (Å²) in [6.07, 6.45) is 1.71. The van der Waals surface area contributed by atoms with E-state index >= 15 is 0 Å². The topological polar surface area (TPSA) is 72.2 Å². The van der Waals surface area contributed by atoms with Crippen molar-refractivity contribution < 1.29 is 12.9 Å². The molecular formula is C12H13ClN2O3S. The van der Waals surface area contributed by atoms with Crippen LogP contribution in [0.15, 0.2) is 39.9 Å². The first-order valence-corrected chi connectivity index (χ1v) is 7.50. The van der Waals surface area contributed by atoms with E-state index < -0.39 is 10.0 Å². The molecule has 0 aliphatic rings. The Morgan fingerprint density at radius 3 is 2.58 bits per heavy atom. The molecule has 0 fully saturated rings. The first kappa shape index (κ1) is 14.0. The van der Waals surface area contributed by atoms with Gasteiger partial charge in [0.2, 0.25) is 10.0 Å². The van der Waals surface area contributed by atoms with Crippen LogP contribution in [0, 0.1) is 6.92 Å². The number of sulfonamides is 1. The van der Waals surface area contributed by atoms with E-state index in [4.69, 9.17) is 11.6 Å². The summed E-state index contributed by atoms with van der Waals surface area (Å²) in [6.45, 7) is 1.88. The van der Waals surface area contributed by atoms with Crippen LogP contribution in [-0.4, -0.2) is 20.1 Å². The molecule has 0 aliphatic heterocycles. The Labute approximate surface area is 116 Å². The summed E-state index contributed by atoms with van der Waals surface area (Å²) in [5, 5.41) is 4.21. The highest BCUT2D eigenvalue weighted by Gasteiger charge is 2.19. The van der Waals surface area contributed by atoms with Crippen molar-refractivity contribution in [1.82, 2.24) is 9.88 Å². The zero-order valence-electron chi connectivity index (χ0n) is 10.3. The summed E-state index contributed by atoms with van der Waals surface area (Å²) in [5.74, 6) is 0. The van der Waals surface area contributed by atoms with Gasteiger partial charge >= 0.3 is 0 Å². The van der Waals surface area contributed by atoms with Gasteiger partial charge in [-0.3, -0.25) is 0 Å². The van der Waals surface area contributed by atoms with E-state index in [1.165, 1.54) is 0 Å². The van der Waals surface area contributed by atoms with Crippen LogP contribution >= 0.6 is 11.6 Å². The van der Waals surface area contributed by atoms with Crippen molar-refractivity contribution in [1.29, 1.82) is 0 Å². The third-order valence-corrected chi connectivity index (χ3v) is 4.42. The van der Waals surface area contributed by atoms with Gasteiger partial charge in [0.15, 0.2) is 0 Å². The molecule has 0 aliphatic carbocycles. The minimum absolute atomic E-state index is 0.0728. The fourth-order valence-corrected chi connectivity index (χ4v) is 2.85. The molecule has 19 heavy (non-hydrogen) atoms. The monoisotopic (exact) mass is 300 g/mol. The predicted octanol–water partition coefficient (Wildman–Crippen LogP) is 2.16. The Hall–Kier alpha value is -1.37. The Morgan fingerprint density at radius 2 is 2.00 bits per heavy atom. The largest absolute Gasteiger partial charge is 0.363 e. The summed E-state index contributed by atoms with van der Waals surface area (Å²) in [4.78, 5) is 0.0728. The standard InChI is InChI=1S/C12H13ClN2O3S/c1-9-12(8-18-15-9)19(16,17)14-7-6-10-2-4-11(13)5-3-10/h2-5,8,14H,6-7H2,1H3. The molecule has 0 radical (unpaired) electrons. The van der Waals surface area contributed by atoms with Crippen molar-refractivity contribution in [3.63, 3.8) is 0 Å². The third kappa shape index (κ3) is 3.56. The van der Waals surface area contributed by atoms with Crippen molar-refractivity contribution in [2.24, 2.45) is 0 Å². The number of halogens is 1. The molecule has 1 aromatic heterocycles. The first-order chi connectivity index (χ1) is 8.99. The average molecular weight is 301 g/mol. The van der Waals surface area contributed by atoms with Gasteiger partial charge < -0.3 is 4.52 Å². The molecular weight excluding hydrogens is 288 g/mol. The second-order valence-corrected chi connectivity index (χ2v) is 6.21. The molecule has 2 rings (SSSR count). The van der Waals surface area contributed by atoms with Crippen LogP contribution in [-0.2, 0) is 16.4 Å². The maximum Gasteiger partial charge on any atom is 0.245 e. The number of benzene rings is 1. The SMILES string of the molecule is Cc1nocc1S(=O)(=O)NCCc1ccc(Cl)cc1. The number of nitrogens with zero attached hydrogens (tertiary/aromatic N) is 1. The van der Waals surface area contributed by atoms with Crippen LogP contribution in [0.2, 0.25) is 5.02 Å². The summed E-state index contributed by atoms with van der Waals surface area (Å²) in [6, 6.07) is 7.27. The molecule has 1 aromatic carbocycles. The molecule has 7 heteroatoms. The van der Waals surface area contributed by atoms with Crippen LogP contribution in [0.25, 0.3) is 0 Å². The first-order valence-electron chi connectivity index (χ1n) is 5.64. The lowest BCUT2D eigenvalue weighted by Crippen LogP contribution is -2.26. The van der Waals surface area contributed by atoms with Gasteiger partial charge in [0.05, 0.1) is 0 Å². The molecule has 0 amide bonds. The zero-order chi connectivity index (χ0) is 13.9. The van der Waals surface area contributed by atoms with Crippen LogP contribution in [0.5, 0.6) is 0 Å². The van der Waals surface area contributed by atoms with E-state index in [0.717, 1.165) is 11.8 Å². The van der Waals surface area contributed by atoms with Crippen molar-refractivity contribution in [2.75, 3.05) is 6.54 Å². The number of rotatable bonds is 5. The summed E-state index contributed by atoms with van der Waals surface area (Å²) >= 11 is 5.77. The second-order valence-electron chi connectivity index (χ2n) is 4.04. The zero-order valence-corrected chi connectivity index (χ0v) is 11.8. The highest BCUT2D eigenvalue weighted by Crippen LogP contribution is 2.13. The van der Waals surface area contributed by atoms with Gasteiger partial charge in [0.1, 0.15) is 16.9 Å². The van der Waals surface area contributed by atoms with Gasteiger partial charge in [0, 0.05) is 11.6 Å². The third-order valence-electron chi connectivity index (χ3n) is 2.61. The van der Waals surface area contributed by atoms with Crippen LogP contribution in [0.4, 0.5) is 0 Å². The summed E-state index contributed by atoms with van der Waals surface area (Å²) < 4.78 is 31.0. The quantitative estimate of drug-likeness (QED) is 0.918. The summed E-state index contributed by atoms with van der Waals surface area (Å²) in [5.41, 5.74) is 1.35. The molecule has 0 saturated heterocycles. The Kier molecular flexibility index (Phi) is 4.24. The Morgan fingerprint density at radius 1 is 1.32 bits per heavy atom. The number of aromatic nitrogens is 1. The highest BCUT2D eigenvalue weighted by molar-refractivity contribution is 7.89. The van der Waals surface area contributed by atoms with Crippen LogP contribution in [0.3, 0.4) is 0 Å². The van der Waals surface area contributed by atoms with Gasteiger partial charge in [0.25, 0.3) is 0 Å². The van der Waals surface area contributed by atoms with Crippen molar-refractivity contribution in [2.45, 2.75) is 18.2 Å². The van der Waals surface area contributed by atoms with Gasteiger partial charge in [-0.2, -0.15) is 0 Å². The second kappa shape index (κ2) is 5.73. The van der Waals surface area contributed by atoms with Crippen molar-refractivity contribution >= 4 is 21.6 Å².